The third-order valence-electron chi connectivity index (χ3n) is 4.30. The van der Waals surface area contributed by atoms with Crippen molar-refractivity contribution < 1.29 is 28.1 Å². The zero-order valence-corrected chi connectivity index (χ0v) is 20.4. The first-order valence-electron chi connectivity index (χ1n) is 10.5. The number of nitrogens with zero attached hydrogens (tertiary/aromatic N) is 1. The number of ether oxygens (including phenoxy) is 2. The maximum Gasteiger partial charge on any atom is 0.308 e. The van der Waals surface area contributed by atoms with Crippen LogP contribution in [-0.2, 0) is 31.9 Å². The second-order valence-electron chi connectivity index (χ2n) is 7.83. The van der Waals surface area contributed by atoms with E-state index in [0.29, 0.717) is 24.7 Å². The van der Waals surface area contributed by atoms with Crippen LogP contribution in [0.4, 0.5) is 0 Å². The van der Waals surface area contributed by atoms with E-state index in [9.17, 15) is 9.59 Å². The quantitative estimate of drug-likeness (QED) is 0.244. The number of carbonyl (C=O) groups excluding carboxylic acids is 2. The smallest absolute Gasteiger partial charge is 0.308 e. The van der Waals surface area contributed by atoms with Gasteiger partial charge in [0, 0.05) is 25.9 Å². The van der Waals surface area contributed by atoms with Crippen LogP contribution in [0.25, 0.3) is 0 Å². The molecule has 0 aliphatic heterocycles. The predicted octanol–water partition coefficient (Wildman–Crippen LogP) is 5.62. The largest absolute Gasteiger partial charge is 0.427 e. The molecule has 7 nitrogen and oxygen atoms in total. The number of esters is 2. The molecule has 2 aromatic carbocycles. The van der Waals surface area contributed by atoms with Gasteiger partial charge in [-0.2, -0.15) is 0 Å². The van der Waals surface area contributed by atoms with Crippen LogP contribution >= 0.6 is 8.53 Å². The number of hydrogen-bond acceptors (Lipinski definition) is 7. The summed E-state index contributed by atoms with van der Waals surface area (Å²) in [5.41, 5.74) is 1.91. The summed E-state index contributed by atoms with van der Waals surface area (Å²) in [4.78, 5) is 22.2. The van der Waals surface area contributed by atoms with Crippen LogP contribution in [0.5, 0.6) is 11.5 Å². The fourth-order valence-corrected chi connectivity index (χ4v) is 4.66. The number of rotatable bonds is 11. The molecule has 0 unspecified atom stereocenters. The van der Waals surface area contributed by atoms with Crippen molar-refractivity contribution in [2.45, 2.75) is 66.8 Å². The van der Waals surface area contributed by atoms with Gasteiger partial charge in [0.25, 0.3) is 8.53 Å². The Bertz CT molecular complexity index is 796. The van der Waals surface area contributed by atoms with Gasteiger partial charge in [-0.25, -0.2) is 4.67 Å². The highest BCUT2D eigenvalue weighted by Crippen LogP contribution is 2.47. The molecule has 0 amide bonds. The van der Waals surface area contributed by atoms with Crippen LogP contribution in [-0.4, -0.2) is 28.7 Å². The van der Waals surface area contributed by atoms with Crippen molar-refractivity contribution in [1.29, 1.82) is 0 Å². The summed E-state index contributed by atoms with van der Waals surface area (Å²) in [6, 6.07) is 14.9. The summed E-state index contributed by atoms with van der Waals surface area (Å²) in [6.07, 6.45) is 0. The van der Waals surface area contributed by atoms with Gasteiger partial charge in [-0.3, -0.25) is 9.59 Å². The average Bonchev–Trinajstić information content (AvgIpc) is 2.70. The van der Waals surface area contributed by atoms with Crippen LogP contribution in [0.3, 0.4) is 0 Å². The van der Waals surface area contributed by atoms with Crippen molar-refractivity contribution in [3.63, 3.8) is 0 Å². The summed E-state index contributed by atoms with van der Waals surface area (Å²) in [7, 11) is -1.33. The van der Waals surface area contributed by atoms with Crippen molar-refractivity contribution in [2.75, 3.05) is 0 Å². The van der Waals surface area contributed by atoms with E-state index in [1.54, 1.807) is 24.3 Å². The predicted molar refractivity (Wildman–Crippen MR) is 124 cm³/mol. The van der Waals surface area contributed by atoms with Crippen molar-refractivity contribution in [3.8, 4) is 11.5 Å². The molecule has 0 aliphatic carbocycles. The van der Waals surface area contributed by atoms with E-state index >= 15 is 0 Å². The number of hydrogen-bond donors (Lipinski definition) is 0. The van der Waals surface area contributed by atoms with E-state index in [0.717, 1.165) is 11.1 Å². The van der Waals surface area contributed by atoms with Crippen LogP contribution in [0.2, 0.25) is 0 Å². The second kappa shape index (κ2) is 12.7. The highest BCUT2D eigenvalue weighted by Gasteiger charge is 2.27. The lowest BCUT2D eigenvalue weighted by atomic mass is 10.2. The molecule has 2 rings (SSSR count). The number of benzene rings is 2. The molecule has 0 aromatic heterocycles. The Hall–Kier alpha value is -2.31. The third-order valence-corrected chi connectivity index (χ3v) is 6.30. The zero-order chi connectivity index (χ0) is 23.7. The molecule has 0 heterocycles. The molecule has 0 atom stereocenters. The van der Waals surface area contributed by atoms with Crippen molar-refractivity contribution in [1.82, 2.24) is 4.67 Å². The standard InChI is InChI=1S/C24H32NO6P/c1-17(2)25(18(3)4)32(28-15-21-7-11-23(12-8-21)30-19(5)26)29-16-22-9-13-24(14-10-22)31-20(6)27/h7-14,17-18H,15-16H2,1-6H3. The molecule has 2 aromatic rings. The zero-order valence-electron chi connectivity index (χ0n) is 19.5. The minimum absolute atomic E-state index is 0.235. The van der Waals surface area contributed by atoms with E-state index in [4.69, 9.17) is 18.5 Å². The lowest BCUT2D eigenvalue weighted by Crippen LogP contribution is -2.33. The lowest BCUT2D eigenvalue weighted by Gasteiger charge is -2.35. The van der Waals surface area contributed by atoms with E-state index in [2.05, 4.69) is 32.4 Å². The summed E-state index contributed by atoms with van der Waals surface area (Å²) in [6.45, 7) is 11.9. The molecule has 0 spiro atoms. The van der Waals surface area contributed by atoms with Gasteiger partial charge in [0.1, 0.15) is 11.5 Å². The molecule has 0 saturated carbocycles. The van der Waals surface area contributed by atoms with Gasteiger partial charge in [-0.1, -0.05) is 24.3 Å². The highest BCUT2D eigenvalue weighted by atomic mass is 31.2. The van der Waals surface area contributed by atoms with Crippen LogP contribution in [0.15, 0.2) is 48.5 Å². The van der Waals surface area contributed by atoms with Crippen LogP contribution in [0, 0.1) is 0 Å². The number of carbonyl (C=O) groups is 2. The molecular formula is C24H32NO6P. The fourth-order valence-electron chi connectivity index (χ4n) is 3.04. The van der Waals surface area contributed by atoms with E-state index in [1.165, 1.54) is 13.8 Å². The summed E-state index contributed by atoms with van der Waals surface area (Å²) < 4.78 is 24.8. The normalized spacial score (nSPS) is 11.4. The first-order chi connectivity index (χ1) is 15.2. The molecule has 8 heteroatoms. The third kappa shape index (κ3) is 8.67. The van der Waals surface area contributed by atoms with Gasteiger partial charge in [0.05, 0.1) is 13.2 Å². The molecular weight excluding hydrogens is 429 g/mol. The van der Waals surface area contributed by atoms with Gasteiger partial charge in [0.2, 0.25) is 0 Å². The minimum atomic E-state index is -1.33. The van der Waals surface area contributed by atoms with Crippen molar-refractivity contribution in [2.24, 2.45) is 0 Å². The summed E-state index contributed by atoms with van der Waals surface area (Å²) in [5, 5.41) is 0. The van der Waals surface area contributed by atoms with E-state index < -0.39 is 8.53 Å². The van der Waals surface area contributed by atoms with Crippen molar-refractivity contribution in [3.05, 3.63) is 59.7 Å². The lowest BCUT2D eigenvalue weighted by molar-refractivity contribution is -0.132. The summed E-state index contributed by atoms with van der Waals surface area (Å²) in [5.74, 6) is 0.304. The minimum Gasteiger partial charge on any atom is -0.427 e. The Balaban J connectivity index is 2.05. The topological polar surface area (TPSA) is 74.3 Å². The Labute approximate surface area is 191 Å². The fraction of sp³-hybridized carbons (Fsp3) is 0.417. The van der Waals surface area contributed by atoms with E-state index in [-0.39, 0.29) is 24.0 Å². The maximum atomic E-state index is 11.1. The average molecular weight is 461 g/mol. The Morgan fingerprint density at radius 2 is 1.06 bits per heavy atom. The van der Waals surface area contributed by atoms with Gasteiger partial charge >= 0.3 is 11.9 Å². The van der Waals surface area contributed by atoms with Gasteiger partial charge < -0.3 is 18.5 Å². The monoisotopic (exact) mass is 461 g/mol. The summed E-state index contributed by atoms with van der Waals surface area (Å²) >= 11 is 0. The Kier molecular flexibility index (Phi) is 10.3. The molecule has 0 saturated heterocycles. The van der Waals surface area contributed by atoms with Gasteiger partial charge in [0.15, 0.2) is 0 Å². The highest BCUT2D eigenvalue weighted by molar-refractivity contribution is 7.44. The van der Waals surface area contributed by atoms with Gasteiger partial charge in [-0.05, 0) is 63.1 Å². The van der Waals surface area contributed by atoms with Crippen LogP contribution < -0.4 is 9.47 Å². The molecule has 174 valence electrons. The molecule has 0 fully saturated rings. The van der Waals surface area contributed by atoms with Crippen LogP contribution in [0.1, 0.15) is 52.7 Å². The first-order valence-corrected chi connectivity index (χ1v) is 11.7. The maximum absolute atomic E-state index is 11.1. The first kappa shape index (κ1) is 25.9. The molecule has 0 aliphatic rings. The van der Waals surface area contributed by atoms with Crippen molar-refractivity contribution >= 4 is 20.5 Å². The van der Waals surface area contributed by atoms with E-state index in [1.807, 2.05) is 24.3 Å². The van der Waals surface area contributed by atoms with Gasteiger partial charge in [-0.15, -0.1) is 0 Å². The molecule has 32 heavy (non-hydrogen) atoms. The SMILES string of the molecule is CC(=O)Oc1ccc(COP(OCc2ccc(OC(C)=O)cc2)N(C(C)C)C(C)C)cc1. The second-order valence-corrected chi connectivity index (χ2v) is 9.28. The molecule has 0 N–H and O–H groups in total. The Morgan fingerprint density at radius 3 is 1.34 bits per heavy atom. The molecule has 0 radical (unpaired) electrons. The molecule has 0 bridgehead atoms. The Morgan fingerprint density at radius 1 is 0.719 bits per heavy atom.